The van der Waals surface area contributed by atoms with E-state index in [4.69, 9.17) is 11.5 Å². The smallest absolute Gasteiger partial charge is 0.245 e. The second-order valence-corrected chi connectivity index (χ2v) is 7.14. The van der Waals surface area contributed by atoms with Gasteiger partial charge in [0.2, 0.25) is 15.9 Å². The lowest BCUT2D eigenvalue weighted by Gasteiger charge is -2.35. The van der Waals surface area contributed by atoms with Crippen LogP contribution in [0.3, 0.4) is 0 Å². The zero-order valence-electron chi connectivity index (χ0n) is 11.6. The van der Waals surface area contributed by atoms with E-state index in [0.717, 1.165) is 18.2 Å². The number of rotatable bonds is 3. The minimum absolute atomic E-state index is 0.0235. The van der Waals surface area contributed by atoms with E-state index >= 15 is 0 Å². The highest BCUT2D eigenvalue weighted by Crippen LogP contribution is 2.30. The third-order valence-electron chi connectivity index (χ3n) is 3.79. The molecule has 1 aliphatic rings. The molecule has 1 amide bonds. The van der Waals surface area contributed by atoms with Crippen molar-refractivity contribution < 1.29 is 17.6 Å². The highest BCUT2D eigenvalue weighted by Gasteiger charge is 2.37. The Hall–Kier alpha value is -1.67. The summed E-state index contributed by atoms with van der Waals surface area (Å²) >= 11 is 0. The van der Waals surface area contributed by atoms with Crippen molar-refractivity contribution in [2.75, 3.05) is 12.3 Å². The van der Waals surface area contributed by atoms with Crippen molar-refractivity contribution in [2.24, 2.45) is 11.7 Å². The molecule has 0 aromatic heterocycles. The van der Waals surface area contributed by atoms with Crippen molar-refractivity contribution in [3.63, 3.8) is 0 Å². The number of nitrogen functional groups attached to an aromatic ring is 1. The summed E-state index contributed by atoms with van der Waals surface area (Å²) in [5.41, 5.74) is 10.7. The van der Waals surface area contributed by atoms with Crippen molar-refractivity contribution in [1.82, 2.24) is 4.31 Å². The number of hydrogen-bond acceptors (Lipinski definition) is 4. The van der Waals surface area contributed by atoms with Crippen LogP contribution in [-0.2, 0) is 14.8 Å². The van der Waals surface area contributed by atoms with Gasteiger partial charge in [-0.1, -0.05) is 0 Å². The molecule has 8 heteroatoms. The highest BCUT2D eigenvalue weighted by atomic mass is 32.2. The SMILES string of the molecule is CC1CCC(C(N)=O)CN1S(=O)(=O)c1ccc(F)cc1N. The molecule has 0 spiro atoms. The van der Waals surface area contributed by atoms with Gasteiger partial charge in [-0.3, -0.25) is 4.79 Å². The van der Waals surface area contributed by atoms with Gasteiger partial charge in [-0.15, -0.1) is 0 Å². The zero-order chi connectivity index (χ0) is 15.8. The molecule has 1 aromatic rings. The maximum Gasteiger partial charge on any atom is 0.245 e. The van der Waals surface area contributed by atoms with Crippen LogP contribution < -0.4 is 11.5 Å². The number of hydrogen-bond donors (Lipinski definition) is 2. The lowest BCUT2D eigenvalue weighted by molar-refractivity contribution is -0.123. The number of nitrogens with zero attached hydrogens (tertiary/aromatic N) is 1. The fourth-order valence-corrected chi connectivity index (χ4v) is 4.33. The molecular formula is C13H18FN3O3S. The Morgan fingerprint density at radius 3 is 2.62 bits per heavy atom. The summed E-state index contributed by atoms with van der Waals surface area (Å²) in [5.74, 6) is -1.64. The van der Waals surface area contributed by atoms with Gasteiger partial charge in [-0.2, -0.15) is 4.31 Å². The Labute approximate surface area is 123 Å². The number of carbonyl (C=O) groups excluding carboxylic acids is 1. The van der Waals surface area contributed by atoms with Crippen LogP contribution in [0.25, 0.3) is 0 Å². The third kappa shape index (κ3) is 3.01. The summed E-state index contributed by atoms with van der Waals surface area (Å²) in [6.07, 6.45) is 1.09. The van der Waals surface area contributed by atoms with E-state index in [-0.39, 0.29) is 23.2 Å². The average Bonchev–Trinajstić information content (AvgIpc) is 2.38. The van der Waals surface area contributed by atoms with Gasteiger partial charge in [0.05, 0.1) is 11.6 Å². The summed E-state index contributed by atoms with van der Waals surface area (Å²) in [6, 6.07) is 2.88. The molecule has 0 radical (unpaired) electrons. The van der Waals surface area contributed by atoms with Crippen LogP contribution in [0.1, 0.15) is 19.8 Å². The van der Waals surface area contributed by atoms with Crippen LogP contribution in [-0.4, -0.2) is 31.2 Å². The molecule has 6 nitrogen and oxygen atoms in total. The quantitative estimate of drug-likeness (QED) is 0.800. The number of piperidine rings is 1. The van der Waals surface area contributed by atoms with E-state index in [1.807, 2.05) is 0 Å². The molecule has 116 valence electrons. The predicted octanol–water partition coefficient (Wildman–Crippen LogP) is 0.682. The monoisotopic (exact) mass is 315 g/mol. The Balaban J connectivity index is 2.39. The lowest BCUT2D eigenvalue weighted by Crippen LogP contribution is -2.48. The highest BCUT2D eigenvalue weighted by molar-refractivity contribution is 7.89. The van der Waals surface area contributed by atoms with E-state index in [2.05, 4.69) is 0 Å². The molecule has 0 bridgehead atoms. The van der Waals surface area contributed by atoms with E-state index in [1.165, 1.54) is 4.31 Å². The van der Waals surface area contributed by atoms with E-state index < -0.39 is 27.7 Å². The van der Waals surface area contributed by atoms with Gasteiger partial charge in [0.25, 0.3) is 0 Å². The van der Waals surface area contributed by atoms with Crippen LogP contribution in [0.4, 0.5) is 10.1 Å². The minimum atomic E-state index is -3.89. The Bertz CT molecular complexity index is 663. The first kappa shape index (κ1) is 15.7. The van der Waals surface area contributed by atoms with Crippen LogP contribution >= 0.6 is 0 Å². The molecule has 2 unspecified atom stereocenters. The molecular weight excluding hydrogens is 297 g/mol. The van der Waals surface area contributed by atoms with Gasteiger partial charge in [0.1, 0.15) is 10.7 Å². The molecule has 4 N–H and O–H groups in total. The Kier molecular flexibility index (Phi) is 4.20. The maximum atomic E-state index is 13.1. The Morgan fingerprint density at radius 1 is 1.38 bits per heavy atom. The summed E-state index contributed by atoms with van der Waals surface area (Å²) in [7, 11) is -3.89. The fourth-order valence-electron chi connectivity index (χ4n) is 2.52. The summed E-state index contributed by atoms with van der Waals surface area (Å²) in [4.78, 5) is 11.2. The van der Waals surface area contributed by atoms with Gasteiger partial charge in [-0.25, -0.2) is 12.8 Å². The molecule has 1 aliphatic heterocycles. The number of anilines is 1. The minimum Gasteiger partial charge on any atom is -0.398 e. The average molecular weight is 315 g/mol. The molecule has 1 aromatic carbocycles. The fraction of sp³-hybridized carbons (Fsp3) is 0.462. The molecule has 0 aliphatic carbocycles. The molecule has 1 fully saturated rings. The van der Waals surface area contributed by atoms with Gasteiger partial charge < -0.3 is 11.5 Å². The molecule has 0 saturated carbocycles. The van der Waals surface area contributed by atoms with Gasteiger partial charge in [-0.05, 0) is 38.0 Å². The van der Waals surface area contributed by atoms with E-state index in [9.17, 15) is 17.6 Å². The third-order valence-corrected chi connectivity index (χ3v) is 5.84. The summed E-state index contributed by atoms with van der Waals surface area (Å²) < 4.78 is 39.6. The van der Waals surface area contributed by atoms with E-state index in [1.54, 1.807) is 6.92 Å². The first-order valence-electron chi connectivity index (χ1n) is 6.59. The van der Waals surface area contributed by atoms with Crippen molar-refractivity contribution in [2.45, 2.75) is 30.7 Å². The number of nitrogens with two attached hydrogens (primary N) is 2. The van der Waals surface area contributed by atoms with Crippen LogP contribution in [0.2, 0.25) is 0 Å². The van der Waals surface area contributed by atoms with Gasteiger partial charge >= 0.3 is 0 Å². The number of primary amides is 1. The van der Waals surface area contributed by atoms with Crippen molar-refractivity contribution in [1.29, 1.82) is 0 Å². The largest absolute Gasteiger partial charge is 0.398 e. The number of halogens is 1. The second-order valence-electron chi connectivity index (χ2n) is 5.28. The van der Waals surface area contributed by atoms with Crippen molar-refractivity contribution in [3.8, 4) is 0 Å². The zero-order valence-corrected chi connectivity index (χ0v) is 12.4. The number of amides is 1. The van der Waals surface area contributed by atoms with E-state index in [0.29, 0.717) is 12.8 Å². The van der Waals surface area contributed by atoms with Crippen molar-refractivity contribution in [3.05, 3.63) is 24.0 Å². The normalized spacial score (nSPS) is 23.9. The maximum absolute atomic E-state index is 13.1. The Morgan fingerprint density at radius 2 is 2.05 bits per heavy atom. The number of sulfonamides is 1. The van der Waals surface area contributed by atoms with Crippen LogP contribution in [0.5, 0.6) is 0 Å². The molecule has 2 rings (SSSR count). The standard InChI is InChI=1S/C13H18FN3O3S/c1-8-2-3-9(13(16)18)7-17(8)21(19,20)12-5-4-10(14)6-11(12)15/h4-6,8-9H,2-3,7,15H2,1H3,(H2,16,18). The molecule has 1 heterocycles. The molecule has 1 saturated heterocycles. The second kappa shape index (κ2) is 5.61. The predicted molar refractivity (Wildman–Crippen MR) is 76.1 cm³/mol. The first-order valence-corrected chi connectivity index (χ1v) is 8.03. The summed E-state index contributed by atoms with van der Waals surface area (Å²) in [5, 5.41) is 0. The molecule has 21 heavy (non-hydrogen) atoms. The van der Waals surface area contributed by atoms with Gasteiger partial charge in [0.15, 0.2) is 0 Å². The number of carbonyl (C=O) groups is 1. The number of benzene rings is 1. The van der Waals surface area contributed by atoms with Crippen LogP contribution in [0.15, 0.2) is 23.1 Å². The van der Waals surface area contributed by atoms with Crippen LogP contribution in [0, 0.1) is 11.7 Å². The lowest BCUT2D eigenvalue weighted by atomic mass is 9.95. The summed E-state index contributed by atoms with van der Waals surface area (Å²) in [6.45, 7) is 1.78. The van der Waals surface area contributed by atoms with Gasteiger partial charge in [0, 0.05) is 12.6 Å². The first-order chi connectivity index (χ1) is 9.73. The molecule has 2 atom stereocenters. The van der Waals surface area contributed by atoms with Crippen molar-refractivity contribution >= 4 is 21.6 Å². The topological polar surface area (TPSA) is 106 Å².